The zero-order valence-electron chi connectivity index (χ0n) is 13.5. The number of nitrogens with zero attached hydrogens (tertiary/aromatic N) is 1. The lowest BCUT2D eigenvalue weighted by Gasteiger charge is -2.29. The van der Waals surface area contributed by atoms with Crippen LogP contribution < -0.4 is 10.6 Å². The van der Waals surface area contributed by atoms with Crippen molar-refractivity contribution in [2.24, 2.45) is 0 Å². The van der Waals surface area contributed by atoms with Crippen LogP contribution in [0.25, 0.3) is 0 Å². The Morgan fingerprint density at radius 1 is 1.29 bits per heavy atom. The molecule has 2 N–H and O–H groups in total. The van der Waals surface area contributed by atoms with E-state index in [0.29, 0.717) is 22.3 Å². The number of likely N-dealkylation sites (N-methyl/N-ethyl adjacent to an activating group) is 1. The van der Waals surface area contributed by atoms with E-state index in [4.69, 9.17) is 23.2 Å². The predicted molar refractivity (Wildman–Crippen MR) is 100 cm³/mol. The lowest BCUT2D eigenvalue weighted by Crippen LogP contribution is -2.50. The molecule has 1 aliphatic heterocycles. The van der Waals surface area contributed by atoms with Crippen LogP contribution in [-0.2, 0) is 9.59 Å². The van der Waals surface area contributed by atoms with Gasteiger partial charge in [-0.25, -0.2) is 0 Å². The summed E-state index contributed by atoms with van der Waals surface area (Å²) in [6, 6.07) is 4.81. The fourth-order valence-corrected chi connectivity index (χ4v) is 3.09. The molecule has 24 heavy (non-hydrogen) atoms. The molecule has 1 aromatic rings. The molecule has 1 heterocycles. The molecule has 1 saturated heterocycles. The van der Waals surface area contributed by atoms with Crippen molar-refractivity contribution >= 4 is 53.1 Å². The van der Waals surface area contributed by atoms with Gasteiger partial charge in [-0.05, 0) is 38.4 Å². The van der Waals surface area contributed by atoms with E-state index in [1.54, 1.807) is 23.1 Å². The molecule has 1 aliphatic rings. The minimum Gasteiger partial charge on any atom is -0.332 e. The van der Waals surface area contributed by atoms with Gasteiger partial charge in [-0.3, -0.25) is 9.59 Å². The first-order valence-electron chi connectivity index (χ1n) is 7.79. The number of amides is 2. The second-order valence-electron chi connectivity index (χ2n) is 5.50. The van der Waals surface area contributed by atoms with Crippen LogP contribution in [0.5, 0.6) is 0 Å². The van der Waals surface area contributed by atoms with Gasteiger partial charge in [0.05, 0.1) is 28.3 Å². The number of anilines is 1. The Labute approximate surface area is 158 Å². The van der Waals surface area contributed by atoms with Gasteiger partial charge in [-0.2, -0.15) is 0 Å². The highest BCUT2D eigenvalue weighted by molar-refractivity contribution is 6.39. The van der Waals surface area contributed by atoms with E-state index < -0.39 is 0 Å². The Morgan fingerprint density at radius 2 is 1.96 bits per heavy atom. The lowest BCUT2D eigenvalue weighted by atomic mass is 10.0. The summed E-state index contributed by atoms with van der Waals surface area (Å²) >= 11 is 12.1. The van der Waals surface area contributed by atoms with Gasteiger partial charge in [0.25, 0.3) is 0 Å². The third-order valence-electron chi connectivity index (χ3n) is 3.86. The molecule has 2 rings (SSSR count). The number of piperidine rings is 1. The first kappa shape index (κ1) is 21.0. The first-order valence-corrected chi connectivity index (χ1v) is 8.54. The summed E-state index contributed by atoms with van der Waals surface area (Å²) in [5, 5.41) is 6.63. The number of carbonyl (C=O) groups excluding carboxylic acids is 2. The second kappa shape index (κ2) is 10.1. The highest BCUT2D eigenvalue weighted by atomic mass is 35.5. The smallest absolute Gasteiger partial charge is 0.244 e. The van der Waals surface area contributed by atoms with Crippen molar-refractivity contribution in [2.75, 3.05) is 25.0 Å². The Hall–Kier alpha value is -1.01. The van der Waals surface area contributed by atoms with Crippen molar-refractivity contribution in [2.45, 2.75) is 32.2 Å². The number of benzene rings is 1. The number of carbonyl (C=O) groups is 2. The Bertz CT molecular complexity index is 557. The normalized spacial score (nSPS) is 16.9. The number of halogens is 3. The minimum atomic E-state index is -0.314. The van der Waals surface area contributed by atoms with Crippen molar-refractivity contribution in [3.63, 3.8) is 0 Å². The van der Waals surface area contributed by atoms with E-state index in [1.807, 2.05) is 6.92 Å². The number of hydrogen-bond donors (Lipinski definition) is 2. The molecular weight excluding hydrogens is 373 g/mol. The first-order chi connectivity index (χ1) is 11.0. The van der Waals surface area contributed by atoms with Crippen LogP contribution in [0.2, 0.25) is 10.0 Å². The largest absolute Gasteiger partial charge is 0.332 e. The molecule has 2 amide bonds. The summed E-state index contributed by atoms with van der Waals surface area (Å²) in [6.07, 6.45) is 2.93. The number of rotatable bonds is 5. The van der Waals surface area contributed by atoms with Gasteiger partial charge in [0.15, 0.2) is 0 Å². The molecule has 0 unspecified atom stereocenters. The van der Waals surface area contributed by atoms with Crippen molar-refractivity contribution in [3.05, 3.63) is 28.2 Å². The molecule has 1 fully saturated rings. The van der Waals surface area contributed by atoms with Crippen molar-refractivity contribution < 1.29 is 9.59 Å². The number of nitrogens with one attached hydrogen (secondary N) is 2. The quantitative estimate of drug-likeness (QED) is 0.805. The third kappa shape index (κ3) is 5.52. The van der Waals surface area contributed by atoms with Crippen LogP contribution >= 0.6 is 35.6 Å². The average Bonchev–Trinajstić information content (AvgIpc) is 2.56. The van der Waals surface area contributed by atoms with Crippen LogP contribution in [0.3, 0.4) is 0 Å². The monoisotopic (exact) mass is 393 g/mol. The third-order valence-corrected chi connectivity index (χ3v) is 4.49. The van der Waals surface area contributed by atoms with E-state index in [0.717, 1.165) is 25.8 Å². The fraction of sp³-hybridized carbons (Fsp3) is 0.500. The van der Waals surface area contributed by atoms with E-state index in [2.05, 4.69) is 10.6 Å². The molecule has 1 aromatic carbocycles. The SMILES string of the molecule is CCN(CC(=O)Nc1c(Cl)cccc1Cl)C(=O)[C@H]1CCCCN1.Cl. The molecule has 5 nitrogen and oxygen atoms in total. The van der Waals surface area contributed by atoms with Crippen LogP contribution in [0, 0.1) is 0 Å². The number of para-hydroxylation sites is 1. The van der Waals surface area contributed by atoms with E-state index in [1.165, 1.54) is 0 Å². The molecule has 134 valence electrons. The molecule has 8 heteroatoms. The standard InChI is InChI=1S/C16H21Cl2N3O2.ClH/c1-2-21(16(23)13-8-3-4-9-19-13)10-14(22)20-15-11(17)6-5-7-12(15)18;/h5-7,13,19H,2-4,8-10H2,1H3,(H,20,22);1H/t13-;/m1./s1. The average molecular weight is 395 g/mol. The van der Waals surface area contributed by atoms with E-state index in [-0.39, 0.29) is 36.8 Å². The molecule has 0 spiro atoms. The maximum atomic E-state index is 12.5. The Morgan fingerprint density at radius 3 is 2.50 bits per heavy atom. The molecule has 0 radical (unpaired) electrons. The molecule has 1 atom stereocenters. The zero-order valence-corrected chi connectivity index (χ0v) is 15.8. The van der Waals surface area contributed by atoms with Gasteiger partial charge in [-0.1, -0.05) is 35.7 Å². The van der Waals surface area contributed by atoms with Gasteiger partial charge in [0.2, 0.25) is 11.8 Å². The predicted octanol–water partition coefficient (Wildman–Crippen LogP) is 3.34. The number of hydrogen-bond acceptors (Lipinski definition) is 3. The van der Waals surface area contributed by atoms with Gasteiger partial charge in [0, 0.05) is 6.54 Å². The summed E-state index contributed by atoms with van der Waals surface area (Å²) in [4.78, 5) is 26.3. The van der Waals surface area contributed by atoms with Crippen molar-refractivity contribution in [1.29, 1.82) is 0 Å². The Balaban J connectivity index is 0.00000288. The lowest BCUT2D eigenvalue weighted by molar-refractivity contribution is -0.136. The van der Waals surface area contributed by atoms with Gasteiger partial charge in [0.1, 0.15) is 0 Å². The van der Waals surface area contributed by atoms with Gasteiger partial charge in [-0.15, -0.1) is 12.4 Å². The van der Waals surface area contributed by atoms with Crippen LogP contribution in [0.1, 0.15) is 26.2 Å². The van der Waals surface area contributed by atoms with E-state index in [9.17, 15) is 9.59 Å². The molecule has 0 aromatic heterocycles. The summed E-state index contributed by atoms with van der Waals surface area (Å²) in [6.45, 7) is 3.15. The minimum absolute atomic E-state index is 0. The maximum absolute atomic E-state index is 12.5. The Kier molecular flexibility index (Phi) is 8.84. The zero-order chi connectivity index (χ0) is 16.8. The topological polar surface area (TPSA) is 61.4 Å². The molecule has 0 saturated carbocycles. The van der Waals surface area contributed by atoms with Crippen molar-refractivity contribution in [1.82, 2.24) is 10.2 Å². The van der Waals surface area contributed by atoms with Gasteiger partial charge < -0.3 is 15.5 Å². The molecule has 0 aliphatic carbocycles. The fourth-order valence-electron chi connectivity index (χ4n) is 2.60. The van der Waals surface area contributed by atoms with Crippen molar-refractivity contribution in [3.8, 4) is 0 Å². The van der Waals surface area contributed by atoms with Crippen LogP contribution in [-0.4, -0.2) is 42.4 Å². The summed E-state index contributed by atoms with van der Waals surface area (Å²) < 4.78 is 0. The molecular formula is C16H22Cl3N3O2. The summed E-state index contributed by atoms with van der Waals surface area (Å²) in [7, 11) is 0. The second-order valence-corrected chi connectivity index (χ2v) is 6.31. The maximum Gasteiger partial charge on any atom is 0.244 e. The summed E-state index contributed by atoms with van der Waals surface area (Å²) in [5.74, 6) is -0.349. The van der Waals surface area contributed by atoms with Crippen LogP contribution in [0.15, 0.2) is 18.2 Å². The van der Waals surface area contributed by atoms with Gasteiger partial charge >= 0.3 is 0 Å². The highest BCUT2D eigenvalue weighted by Crippen LogP contribution is 2.29. The van der Waals surface area contributed by atoms with Crippen LogP contribution in [0.4, 0.5) is 5.69 Å². The molecule has 0 bridgehead atoms. The van der Waals surface area contributed by atoms with E-state index >= 15 is 0 Å². The highest BCUT2D eigenvalue weighted by Gasteiger charge is 2.26. The summed E-state index contributed by atoms with van der Waals surface area (Å²) in [5.41, 5.74) is 0.375.